The topological polar surface area (TPSA) is 18.5 Å². The second kappa shape index (κ2) is 8.60. The molecule has 0 spiro atoms. The second-order valence-corrected chi connectivity index (χ2v) is 9.77. The highest BCUT2D eigenvalue weighted by Crippen LogP contribution is 2.46. The van der Waals surface area contributed by atoms with Gasteiger partial charge in [0.25, 0.3) is 0 Å². The minimum absolute atomic E-state index is 0.0650. The molecule has 30 heavy (non-hydrogen) atoms. The molecule has 4 aromatic carbocycles. The lowest BCUT2D eigenvalue weighted by Gasteiger charge is -2.22. The van der Waals surface area contributed by atoms with Gasteiger partial charge in [0.2, 0.25) is 0 Å². The highest BCUT2D eigenvalue weighted by Gasteiger charge is 2.20. The highest BCUT2D eigenvalue weighted by atomic mass is 79.9. The molecular weight excluding hydrogens is 504 g/mol. The van der Waals surface area contributed by atoms with Crippen molar-refractivity contribution in [3.8, 4) is 22.6 Å². The van der Waals surface area contributed by atoms with Crippen LogP contribution in [-0.4, -0.2) is 12.2 Å². The maximum Gasteiger partial charge on any atom is 0.128 e. The lowest BCUT2D eigenvalue weighted by molar-refractivity contribution is 0.240. The minimum Gasteiger partial charge on any atom is -0.490 e. The average molecular weight is 528 g/mol. The minimum atomic E-state index is 0.0650. The summed E-state index contributed by atoms with van der Waals surface area (Å²) < 4.78 is 14.7. The molecule has 4 rings (SSSR count). The van der Waals surface area contributed by atoms with Crippen molar-refractivity contribution in [3.05, 3.63) is 69.6 Å². The molecule has 0 saturated heterocycles. The normalized spacial score (nSPS) is 11.6. The summed E-state index contributed by atoms with van der Waals surface area (Å²) in [6.07, 6.45) is 0.130. The summed E-state index contributed by atoms with van der Waals surface area (Å²) in [5.41, 5.74) is 2.13. The average Bonchev–Trinajstić information content (AvgIpc) is 2.67. The summed E-state index contributed by atoms with van der Waals surface area (Å²) in [5.74, 6) is 1.73. The van der Waals surface area contributed by atoms with E-state index in [2.05, 4.69) is 120 Å². The molecule has 0 heterocycles. The Hall–Kier alpha value is -2.04. The van der Waals surface area contributed by atoms with Crippen LogP contribution in [-0.2, 0) is 0 Å². The van der Waals surface area contributed by atoms with Crippen LogP contribution in [0.3, 0.4) is 0 Å². The van der Waals surface area contributed by atoms with Crippen LogP contribution >= 0.6 is 31.9 Å². The summed E-state index contributed by atoms with van der Waals surface area (Å²) in [6, 6.07) is 21.1. The van der Waals surface area contributed by atoms with Crippen LogP contribution in [0.4, 0.5) is 0 Å². The summed E-state index contributed by atoms with van der Waals surface area (Å²) in [5, 5.41) is 4.58. The molecule has 4 aromatic rings. The van der Waals surface area contributed by atoms with E-state index < -0.39 is 0 Å². The van der Waals surface area contributed by atoms with Gasteiger partial charge in [0.05, 0.1) is 12.2 Å². The Morgan fingerprint density at radius 2 is 0.967 bits per heavy atom. The fourth-order valence-electron chi connectivity index (χ4n) is 3.78. The predicted octanol–water partition coefficient (Wildman–Crippen LogP) is 8.76. The molecule has 0 N–H and O–H groups in total. The zero-order valence-corrected chi connectivity index (χ0v) is 20.7. The molecule has 0 bridgehead atoms. The number of benzene rings is 4. The van der Waals surface area contributed by atoms with Crippen molar-refractivity contribution >= 4 is 53.4 Å². The molecule has 0 aliphatic carbocycles. The standard InChI is InChI=1S/C26H24Br2O2/c1-15(2)29-23-11-5-17-13-19(27)7-9-21(17)25(23)26-22-10-8-20(28)14-18(22)6-12-24(26)30-16(3)4/h5-16H,1-4H3. The van der Waals surface area contributed by atoms with Crippen LogP contribution in [0.1, 0.15) is 27.7 Å². The fraction of sp³-hybridized carbons (Fsp3) is 0.231. The van der Waals surface area contributed by atoms with Gasteiger partial charge in [-0.15, -0.1) is 0 Å². The Bertz CT molecular complexity index is 1130. The Kier molecular flexibility index (Phi) is 6.08. The Balaban J connectivity index is 2.14. The summed E-state index contributed by atoms with van der Waals surface area (Å²) >= 11 is 7.21. The van der Waals surface area contributed by atoms with E-state index in [1.807, 2.05) is 0 Å². The number of hydrogen-bond acceptors (Lipinski definition) is 2. The summed E-state index contributed by atoms with van der Waals surface area (Å²) in [4.78, 5) is 0. The van der Waals surface area contributed by atoms with E-state index in [1.54, 1.807) is 0 Å². The quantitative estimate of drug-likeness (QED) is 0.258. The molecule has 0 aromatic heterocycles. The van der Waals surface area contributed by atoms with Gasteiger partial charge >= 0.3 is 0 Å². The van der Waals surface area contributed by atoms with Gasteiger partial charge < -0.3 is 9.47 Å². The molecular formula is C26H24Br2O2. The fourth-order valence-corrected chi connectivity index (χ4v) is 4.54. The summed E-state index contributed by atoms with van der Waals surface area (Å²) in [6.45, 7) is 8.23. The van der Waals surface area contributed by atoms with Crippen LogP contribution in [0.15, 0.2) is 69.6 Å². The third-order valence-corrected chi connectivity index (χ3v) is 5.85. The lowest BCUT2D eigenvalue weighted by atomic mass is 9.92. The van der Waals surface area contributed by atoms with Crippen LogP contribution < -0.4 is 9.47 Å². The van der Waals surface area contributed by atoms with Crippen molar-refractivity contribution < 1.29 is 9.47 Å². The maximum absolute atomic E-state index is 6.29. The first-order chi connectivity index (χ1) is 14.3. The smallest absolute Gasteiger partial charge is 0.128 e. The van der Waals surface area contributed by atoms with Gasteiger partial charge in [-0.1, -0.05) is 56.1 Å². The SMILES string of the molecule is CC(C)Oc1ccc2cc(Br)ccc2c1-c1c(OC(C)C)ccc2cc(Br)ccc12. The number of hydrogen-bond donors (Lipinski definition) is 0. The molecule has 154 valence electrons. The van der Waals surface area contributed by atoms with Crippen molar-refractivity contribution in [2.24, 2.45) is 0 Å². The molecule has 4 heteroatoms. The maximum atomic E-state index is 6.29. The van der Waals surface area contributed by atoms with E-state index >= 15 is 0 Å². The largest absolute Gasteiger partial charge is 0.490 e. The van der Waals surface area contributed by atoms with Gasteiger partial charge in [-0.25, -0.2) is 0 Å². The third kappa shape index (κ3) is 4.21. The number of ether oxygens (including phenoxy) is 2. The van der Waals surface area contributed by atoms with Crippen LogP contribution in [0.25, 0.3) is 32.7 Å². The molecule has 0 aliphatic rings. The van der Waals surface area contributed by atoms with Gasteiger partial charge in [-0.3, -0.25) is 0 Å². The first kappa shape index (κ1) is 21.2. The van der Waals surface area contributed by atoms with Crippen molar-refractivity contribution in [2.45, 2.75) is 39.9 Å². The van der Waals surface area contributed by atoms with Crippen molar-refractivity contribution in [1.29, 1.82) is 0 Å². The molecule has 0 aliphatic heterocycles. The van der Waals surface area contributed by atoms with Gasteiger partial charge in [0.1, 0.15) is 11.5 Å². The van der Waals surface area contributed by atoms with E-state index in [9.17, 15) is 0 Å². The molecule has 2 nitrogen and oxygen atoms in total. The van der Waals surface area contributed by atoms with E-state index in [0.717, 1.165) is 53.1 Å². The second-order valence-electron chi connectivity index (χ2n) is 7.94. The molecule has 0 saturated carbocycles. The monoisotopic (exact) mass is 526 g/mol. The number of halogens is 2. The first-order valence-electron chi connectivity index (χ1n) is 10.1. The van der Waals surface area contributed by atoms with E-state index in [4.69, 9.17) is 9.47 Å². The highest BCUT2D eigenvalue weighted by molar-refractivity contribution is 9.10. The lowest BCUT2D eigenvalue weighted by Crippen LogP contribution is -2.09. The Morgan fingerprint density at radius 3 is 1.33 bits per heavy atom. The number of fused-ring (bicyclic) bond motifs is 2. The van der Waals surface area contributed by atoms with Gasteiger partial charge in [0.15, 0.2) is 0 Å². The Labute approximate surface area is 194 Å². The summed E-state index contributed by atoms with van der Waals surface area (Å²) in [7, 11) is 0. The Morgan fingerprint density at radius 1 is 0.567 bits per heavy atom. The molecule has 0 fully saturated rings. The van der Waals surface area contributed by atoms with Crippen molar-refractivity contribution in [2.75, 3.05) is 0 Å². The van der Waals surface area contributed by atoms with Crippen LogP contribution in [0.2, 0.25) is 0 Å². The molecule has 0 atom stereocenters. The van der Waals surface area contributed by atoms with Crippen molar-refractivity contribution in [3.63, 3.8) is 0 Å². The third-order valence-electron chi connectivity index (χ3n) is 4.86. The predicted molar refractivity (Wildman–Crippen MR) is 134 cm³/mol. The van der Waals surface area contributed by atoms with E-state index in [-0.39, 0.29) is 12.2 Å². The number of rotatable bonds is 5. The van der Waals surface area contributed by atoms with Gasteiger partial charge in [-0.05, 0) is 85.6 Å². The molecule has 0 radical (unpaired) electrons. The van der Waals surface area contributed by atoms with Gasteiger partial charge in [0, 0.05) is 20.1 Å². The van der Waals surface area contributed by atoms with Crippen molar-refractivity contribution in [1.82, 2.24) is 0 Å². The van der Waals surface area contributed by atoms with Crippen LogP contribution in [0, 0.1) is 0 Å². The molecule has 0 unspecified atom stereocenters. The van der Waals surface area contributed by atoms with E-state index in [1.165, 1.54) is 0 Å². The molecule has 0 amide bonds. The van der Waals surface area contributed by atoms with E-state index in [0.29, 0.717) is 0 Å². The van der Waals surface area contributed by atoms with Gasteiger partial charge in [-0.2, -0.15) is 0 Å². The zero-order valence-electron chi connectivity index (χ0n) is 17.5. The van der Waals surface area contributed by atoms with Crippen LogP contribution in [0.5, 0.6) is 11.5 Å². The zero-order chi connectivity index (χ0) is 21.4. The first-order valence-corrected chi connectivity index (χ1v) is 11.7.